The van der Waals surface area contributed by atoms with Gasteiger partial charge in [0, 0.05) is 23.0 Å². The summed E-state index contributed by atoms with van der Waals surface area (Å²) in [5.74, 6) is 0.102. The van der Waals surface area contributed by atoms with Crippen molar-refractivity contribution in [2.45, 2.75) is 44.7 Å². The van der Waals surface area contributed by atoms with Crippen molar-refractivity contribution in [2.24, 2.45) is 0 Å². The normalized spacial score (nSPS) is 11.7. The summed E-state index contributed by atoms with van der Waals surface area (Å²) in [6.45, 7) is 6.79. The van der Waals surface area contributed by atoms with Crippen molar-refractivity contribution in [2.75, 3.05) is 12.3 Å². The molecule has 0 aliphatic rings. The maximum Gasteiger partial charge on any atom is 0.242 e. The molecular weight excluding hydrogens is 392 g/mol. The average molecular weight is 419 g/mol. The van der Waals surface area contributed by atoms with Gasteiger partial charge in [0.1, 0.15) is 6.04 Å². The minimum absolute atomic E-state index is 0.0560. The van der Waals surface area contributed by atoms with Gasteiger partial charge in [0.25, 0.3) is 0 Å². The number of benzene rings is 2. The van der Waals surface area contributed by atoms with Crippen molar-refractivity contribution in [1.29, 1.82) is 0 Å². The highest BCUT2D eigenvalue weighted by atomic mass is 35.5. The van der Waals surface area contributed by atoms with E-state index in [-0.39, 0.29) is 17.6 Å². The van der Waals surface area contributed by atoms with Crippen LogP contribution in [0.15, 0.2) is 53.4 Å². The van der Waals surface area contributed by atoms with Crippen LogP contribution >= 0.6 is 23.4 Å². The summed E-state index contributed by atoms with van der Waals surface area (Å²) in [5.41, 5.74) is 2.15. The van der Waals surface area contributed by atoms with Gasteiger partial charge in [0.2, 0.25) is 11.8 Å². The molecule has 0 heterocycles. The van der Waals surface area contributed by atoms with Crippen LogP contribution in [0.4, 0.5) is 0 Å². The molecule has 1 atom stereocenters. The van der Waals surface area contributed by atoms with Crippen LogP contribution in [-0.2, 0) is 16.1 Å². The second-order valence-electron chi connectivity index (χ2n) is 6.57. The third-order valence-corrected chi connectivity index (χ3v) is 5.60. The van der Waals surface area contributed by atoms with Crippen LogP contribution in [0.25, 0.3) is 0 Å². The second kappa shape index (κ2) is 11.1. The number of likely N-dealkylation sites (N-methyl/N-ethyl adjacent to an activating group) is 1. The summed E-state index contributed by atoms with van der Waals surface area (Å²) in [6.07, 6.45) is 0.564. The minimum Gasteiger partial charge on any atom is -0.355 e. The predicted octanol–water partition coefficient (Wildman–Crippen LogP) is 4.68. The Morgan fingerprint density at radius 1 is 1.14 bits per heavy atom. The van der Waals surface area contributed by atoms with Gasteiger partial charge in [-0.25, -0.2) is 0 Å². The number of rotatable bonds is 9. The minimum atomic E-state index is -0.487. The molecule has 1 N–H and O–H groups in total. The van der Waals surface area contributed by atoms with E-state index in [1.165, 1.54) is 11.8 Å². The molecule has 4 nitrogen and oxygen atoms in total. The molecule has 0 aromatic heterocycles. The molecule has 0 fully saturated rings. The van der Waals surface area contributed by atoms with Crippen molar-refractivity contribution in [3.8, 4) is 0 Å². The Bertz CT molecular complexity index is 795. The molecule has 2 aromatic rings. The maximum absolute atomic E-state index is 13.1. The highest BCUT2D eigenvalue weighted by Crippen LogP contribution is 2.22. The molecule has 0 aliphatic carbocycles. The molecule has 0 aliphatic heterocycles. The smallest absolute Gasteiger partial charge is 0.242 e. The Morgan fingerprint density at radius 2 is 1.86 bits per heavy atom. The van der Waals surface area contributed by atoms with E-state index in [9.17, 15) is 9.59 Å². The average Bonchev–Trinajstić information content (AvgIpc) is 2.67. The van der Waals surface area contributed by atoms with Crippen LogP contribution in [0.5, 0.6) is 0 Å². The third-order valence-electron chi connectivity index (χ3n) is 4.35. The molecule has 0 saturated carbocycles. The van der Waals surface area contributed by atoms with Crippen LogP contribution < -0.4 is 5.32 Å². The summed E-state index contributed by atoms with van der Waals surface area (Å²) in [7, 11) is 0. The van der Waals surface area contributed by atoms with Crippen LogP contribution in [0, 0.1) is 6.92 Å². The van der Waals surface area contributed by atoms with E-state index in [0.717, 1.165) is 16.0 Å². The number of halogens is 1. The number of carbonyl (C=O) groups excluding carboxylic acids is 2. The Labute approximate surface area is 176 Å². The first-order valence-corrected chi connectivity index (χ1v) is 10.8. The van der Waals surface area contributed by atoms with E-state index in [2.05, 4.69) is 11.4 Å². The van der Waals surface area contributed by atoms with Crippen LogP contribution in [0.1, 0.15) is 31.4 Å². The standard InChI is InChI=1S/C22H27ClN2O2S/c1-4-20(22(27)24-5-2)25(14-17-8-6-7-16(3)13-17)21(26)15-28-19-11-9-18(23)10-12-19/h6-13,20H,4-5,14-15H2,1-3H3,(H,24,27)/t20-/m0/s1. The summed E-state index contributed by atoms with van der Waals surface area (Å²) >= 11 is 7.37. The summed E-state index contributed by atoms with van der Waals surface area (Å²) in [5, 5.41) is 3.52. The molecule has 2 rings (SSSR count). The van der Waals surface area contributed by atoms with Crippen LogP contribution in [0.3, 0.4) is 0 Å². The molecule has 0 saturated heterocycles. The van der Waals surface area contributed by atoms with E-state index < -0.39 is 6.04 Å². The summed E-state index contributed by atoms with van der Waals surface area (Å²) < 4.78 is 0. The number of aryl methyl sites for hydroxylation is 1. The van der Waals surface area contributed by atoms with Gasteiger partial charge < -0.3 is 10.2 Å². The molecule has 150 valence electrons. The summed E-state index contributed by atoms with van der Waals surface area (Å²) in [6, 6.07) is 15.0. The molecule has 28 heavy (non-hydrogen) atoms. The van der Waals surface area contributed by atoms with Gasteiger partial charge >= 0.3 is 0 Å². The molecule has 2 aromatic carbocycles. The van der Waals surface area contributed by atoms with Crippen molar-refractivity contribution in [3.63, 3.8) is 0 Å². The van der Waals surface area contributed by atoms with E-state index >= 15 is 0 Å². The lowest BCUT2D eigenvalue weighted by Gasteiger charge is -2.30. The van der Waals surface area contributed by atoms with Gasteiger partial charge in [0.05, 0.1) is 5.75 Å². The monoisotopic (exact) mass is 418 g/mol. The van der Waals surface area contributed by atoms with Gasteiger partial charge in [0.15, 0.2) is 0 Å². The Hall–Kier alpha value is -1.98. The lowest BCUT2D eigenvalue weighted by molar-refractivity contribution is -0.139. The molecule has 0 radical (unpaired) electrons. The number of hydrogen-bond donors (Lipinski definition) is 1. The van der Waals surface area contributed by atoms with Crippen molar-refractivity contribution in [1.82, 2.24) is 10.2 Å². The topological polar surface area (TPSA) is 49.4 Å². The lowest BCUT2D eigenvalue weighted by atomic mass is 10.1. The second-order valence-corrected chi connectivity index (χ2v) is 8.06. The van der Waals surface area contributed by atoms with E-state index in [0.29, 0.717) is 24.5 Å². The zero-order valence-electron chi connectivity index (χ0n) is 16.6. The SMILES string of the molecule is CCNC(=O)[C@H](CC)N(Cc1cccc(C)c1)C(=O)CSc1ccc(Cl)cc1. The number of carbonyl (C=O) groups is 2. The molecule has 0 spiro atoms. The van der Waals surface area contributed by atoms with Crippen molar-refractivity contribution >= 4 is 35.2 Å². The molecule has 0 unspecified atom stereocenters. The van der Waals surface area contributed by atoms with Gasteiger partial charge in [-0.1, -0.05) is 48.4 Å². The summed E-state index contributed by atoms with van der Waals surface area (Å²) in [4.78, 5) is 28.3. The zero-order chi connectivity index (χ0) is 20.5. The van der Waals surface area contributed by atoms with Gasteiger partial charge in [-0.15, -0.1) is 11.8 Å². The molecule has 2 amide bonds. The first kappa shape index (κ1) is 22.3. The lowest BCUT2D eigenvalue weighted by Crippen LogP contribution is -2.49. The number of amides is 2. The first-order valence-electron chi connectivity index (χ1n) is 9.45. The molecule has 0 bridgehead atoms. The number of hydrogen-bond acceptors (Lipinski definition) is 3. The van der Waals surface area contributed by atoms with E-state index in [4.69, 9.17) is 11.6 Å². The predicted molar refractivity (Wildman–Crippen MR) is 117 cm³/mol. The Balaban J connectivity index is 2.18. The quantitative estimate of drug-likeness (QED) is 0.601. The first-order chi connectivity index (χ1) is 13.4. The fourth-order valence-corrected chi connectivity index (χ4v) is 3.89. The number of nitrogens with zero attached hydrogens (tertiary/aromatic N) is 1. The Morgan fingerprint density at radius 3 is 2.46 bits per heavy atom. The van der Waals surface area contributed by atoms with Gasteiger partial charge in [-0.2, -0.15) is 0 Å². The van der Waals surface area contributed by atoms with Crippen LogP contribution in [-0.4, -0.2) is 35.1 Å². The molecular formula is C22H27ClN2O2S. The molecule has 6 heteroatoms. The number of thioether (sulfide) groups is 1. The fourth-order valence-electron chi connectivity index (χ4n) is 2.98. The van der Waals surface area contributed by atoms with Crippen molar-refractivity contribution < 1.29 is 9.59 Å². The number of nitrogens with one attached hydrogen (secondary N) is 1. The van der Waals surface area contributed by atoms with Crippen LogP contribution in [0.2, 0.25) is 5.02 Å². The van der Waals surface area contributed by atoms with E-state index in [1.54, 1.807) is 4.90 Å². The zero-order valence-corrected chi connectivity index (χ0v) is 18.1. The highest BCUT2D eigenvalue weighted by Gasteiger charge is 2.28. The van der Waals surface area contributed by atoms with Crippen molar-refractivity contribution in [3.05, 3.63) is 64.7 Å². The highest BCUT2D eigenvalue weighted by molar-refractivity contribution is 8.00. The largest absolute Gasteiger partial charge is 0.355 e. The maximum atomic E-state index is 13.1. The van der Waals surface area contributed by atoms with E-state index in [1.807, 2.05) is 63.2 Å². The fraction of sp³-hybridized carbons (Fsp3) is 0.364. The Kier molecular flexibility index (Phi) is 8.87. The third kappa shape index (κ3) is 6.57. The van der Waals surface area contributed by atoms with Gasteiger partial charge in [-0.3, -0.25) is 9.59 Å². The van der Waals surface area contributed by atoms with Gasteiger partial charge in [-0.05, 0) is 50.1 Å².